The summed E-state index contributed by atoms with van der Waals surface area (Å²) in [6.07, 6.45) is 0.971. The first-order valence-corrected chi connectivity index (χ1v) is 7.13. The Labute approximate surface area is 153 Å². The molecule has 0 bridgehead atoms. The first kappa shape index (κ1) is 19.0. The fourth-order valence-electron chi connectivity index (χ4n) is 2.01. The third-order valence-electron chi connectivity index (χ3n) is 3.28. The van der Waals surface area contributed by atoms with Gasteiger partial charge in [0.2, 0.25) is 5.91 Å². The van der Waals surface area contributed by atoms with Crippen molar-refractivity contribution in [3.8, 4) is 0 Å². The van der Waals surface area contributed by atoms with Gasteiger partial charge in [-0.3, -0.25) is 4.79 Å². The second-order valence-corrected chi connectivity index (χ2v) is 4.94. The summed E-state index contributed by atoms with van der Waals surface area (Å²) in [6.45, 7) is 2.54. The molecule has 0 aliphatic heterocycles. The van der Waals surface area contributed by atoms with Crippen LogP contribution in [0.2, 0.25) is 0 Å². The minimum absolute atomic E-state index is 0. The lowest BCUT2D eigenvalue weighted by Crippen LogP contribution is -2.22. The zero-order valence-corrected chi connectivity index (χ0v) is 15.3. The van der Waals surface area contributed by atoms with Crippen LogP contribution in [0.1, 0.15) is 28.4 Å². The highest BCUT2D eigenvalue weighted by atomic mass is 127. The van der Waals surface area contributed by atoms with E-state index >= 15 is 0 Å². The molecule has 0 aliphatic carbocycles. The lowest BCUT2D eigenvalue weighted by Gasteiger charge is -2.07. The van der Waals surface area contributed by atoms with Crippen molar-refractivity contribution >= 4 is 41.5 Å². The molecule has 0 fully saturated rings. The minimum Gasteiger partial charge on any atom is -0.370 e. The number of nitrogens with zero attached hydrogens (tertiary/aromatic N) is 1. The SMILES string of the molecule is CCc1cccc(NC(N)=NCc2ccc(C(N)=O)cc2)c1.I. The van der Waals surface area contributed by atoms with Crippen molar-refractivity contribution in [3.63, 3.8) is 0 Å². The van der Waals surface area contributed by atoms with Gasteiger partial charge in [-0.05, 0) is 41.8 Å². The summed E-state index contributed by atoms with van der Waals surface area (Å²) >= 11 is 0. The molecular weight excluding hydrogens is 403 g/mol. The van der Waals surface area contributed by atoms with Gasteiger partial charge >= 0.3 is 0 Å². The van der Waals surface area contributed by atoms with E-state index in [0.29, 0.717) is 18.1 Å². The summed E-state index contributed by atoms with van der Waals surface area (Å²) in [5.74, 6) is -0.0840. The first-order valence-electron chi connectivity index (χ1n) is 7.13. The van der Waals surface area contributed by atoms with Crippen molar-refractivity contribution < 1.29 is 4.79 Å². The smallest absolute Gasteiger partial charge is 0.248 e. The van der Waals surface area contributed by atoms with Gasteiger partial charge in [0, 0.05) is 11.3 Å². The van der Waals surface area contributed by atoms with Gasteiger partial charge < -0.3 is 16.8 Å². The molecule has 23 heavy (non-hydrogen) atoms. The summed E-state index contributed by atoms with van der Waals surface area (Å²) < 4.78 is 0. The molecule has 0 radical (unpaired) electrons. The van der Waals surface area contributed by atoms with Gasteiger partial charge in [-0.15, -0.1) is 24.0 Å². The number of rotatable bonds is 5. The normalized spacial score (nSPS) is 10.7. The number of hydrogen-bond acceptors (Lipinski definition) is 2. The fourth-order valence-corrected chi connectivity index (χ4v) is 2.01. The monoisotopic (exact) mass is 424 g/mol. The third kappa shape index (κ3) is 5.90. The number of nitrogens with one attached hydrogen (secondary N) is 1. The second-order valence-electron chi connectivity index (χ2n) is 4.94. The number of nitrogens with two attached hydrogens (primary N) is 2. The van der Waals surface area contributed by atoms with Crippen LogP contribution in [-0.2, 0) is 13.0 Å². The standard InChI is InChI=1S/C17H20N4O.HI/c1-2-12-4-3-5-15(10-12)21-17(19)20-11-13-6-8-14(9-7-13)16(18)22;/h3-10H,2,11H2,1H3,(H2,18,22)(H3,19,20,21);1H. The zero-order chi connectivity index (χ0) is 15.9. The third-order valence-corrected chi connectivity index (χ3v) is 3.28. The van der Waals surface area contributed by atoms with Crippen molar-refractivity contribution in [1.29, 1.82) is 0 Å². The molecule has 0 atom stereocenters. The van der Waals surface area contributed by atoms with Gasteiger partial charge in [0.05, 0.1) is 6.54 Å². The summed E-state index contributed by atoms with van der Waals surface area (Å²) in [4.78, 5) is 15.3. The number of aliphatic imine (C=N–C) groups is 1. The molecule has 0 unspecified atom stereocenters. The average Bonchev–Trinajstić information content (AvgIpc) is 2.53. The van der Waals surface area contributed by atoms with Gasteiger partial charge in [0.25, 0.3) is 0 Å². The molecule has 6 heteroatoms. The van der Waals surface area contributed by atoms with Crippen LogP contribution in [0.5, 0.6) is 0 Å². The molecule has 5 N–H and O–H groups in total. The number of primary amides is 1. The number of halogens is 1. The van der Waals surface area contributed by atoms with Crippen molar-refractivity contribution in [2.24, 2.45) is 16.5 Å². The van der Waals surface area contributed by atoms with E-state index in [1.165, 1.54) is 5.56 Å². The Hall–Kier alpha value is -2.09. The molecule has 1 amide bonds. The summed E-state index contributed by atoms with van der Waals surface area (Å²) in [5, 5.41) is 3.07. The average molecular weight is 424 g/mol. The summed E-state index contributed by atoms with van der Waals surface area (Å²) in [7, 11) is 0. The van der Waals surface area contributed by atoms with Crippen LogP contribution in [0.15, 0.2) is 53.5 Å². The van der Waals surface area contributed by atoms with Gasteiger partial charge in [-0.2, -0.15) is 0 Å². The van der Waals surface area contributed by atoms with Gasteiger partial charge in [0.15, 0.2) is 5.96 Å². The van der Waals surface area contributed by atoms with E-state index in [1.54, 1.807) is 12.1 Å². The number of anilines is 1. The van der Waals surface area contributed by atoms with Crippen molar-refractivity contribution in [3.05, 3.63) is 65.2 Å². The van der Waals surface area contributed by atoms with Crippen molar-refractivity contribution in [1.82, 2.24) is 0 Å². The molecule has 0 aliphatic rings. The van der Waals surface area contributed by atoms with Crippen LogP contribution >= 0.6 is 24.0 Å². The van der Waals surface area contributed by atoms with Crippen molar-refractivity contribution in [2.45, 2.75) is 19.9 Å². The fraction of sp³-hybridized carbons (Fsp3) is 0.176. The molecule has 0 saturated heterocycles. The van der Waals surface area contributed by atoms with E-state index < -0.39 is 5.91 Å². The maximum Gasteiger partial charge on any atom is 0.248 e. The van der Waals surface area contributed by atoms with Crippen LogP contribution in [0.25, 0.3) is 0 Å². The first-order chi connectivity index (χ1) is 10.6. The predicted octanol–water partition coefficient (Wildman–Crippen LogP) is 2.89. The Morgan fingerprint density at radius 1 is 1.09 bits per heavy atom. The lowest BCUT2D eigenvalue weighted by atomic mass is 10.1. The minimum atomic E-state index is -0.438. The Balaban J connectivity index is 0.00000264. The quantitative estimate of drug-likeness (QED) is 0.392. The number of carbonyl (C=O) groups excluding carboxylic acids is 1. The molecule has 0 saturated carbocycles. The van der Waals surface area contributed by atoms with E-state index in [-0.39, 0.29) is 24.0 Å². The van der Waals surface area contributed by atoms with Crippen LogP contribution < -0.4 is 16.8 Å². The van der Waals surface area contributed by atoms with Gasteiger partial charge in [0.1, 0.15) is 0 Å². The van der Waals surface area contributed by atoms with E-state index in [4.69, 9.17) is 11.5 Å². The highest BCUT2D eigenvalue weighted by Crippen LogP contribution is 2.11. The Morgan fingerprint density at radius 3 is 2.39 bits per heavy atom. The van der Waals surface area contributed by atoms with E-state index in [1.807, 2.05) is 30.3 Å². The number of benzene rings is 2. The highest BCUT2D eigenvalue weighted by molar-refractivity contribution is 14.0. The Kier molecular flexibility index (Phi) is 7.53. The molecule has 122 valence electrons. The molecule has 2 aromatic rings. The largest absolute Gasteiger partial charge is 0.370 e. The molecular formula is C17H21IN4O. The van der Waals surface area contributed by atoms with Crippen LogP contribution in [0, 0.1) is 0 Å². The van der Waals surface area contributed by atoms with E-state index in [9.17, 15) is 4.79 Å². The Bertz CT molecular complexity index is 683. The Morgan fingerprint density at radius 2 is 1.78 bits per heavy atom. The van der Waals surface area contributed by atoms with Gasteiger partial charge in [-0.1, -0.05) is 31.2 Å². The van der Waals surface area contributed by atoms with Gasteiger partial charge in [-0.25, -0.2) is 4.99 Å². The number of guanidine groups is 1. The zero-order valence-electron chi connectivity index (χ0n) is 13.0. The molecule has 0 heterocycles. The van der Waals surface area contributed by atoms with E-state index in [2.05, 4.69) is 23.3 Å². The maximum atomic E-state index is 11.0. The summed E-state index contributed by atoms with van der Waals surface area (Å²) in [6, 6.07) is 15.0. The van der Waals surface area contributed by atoms with Crippen molar-refractivity contribution in [2.75, 3.05) is 5.32 Å². The topological polar surface area (TPSA) is 93.5 Å². The highest BCUT2D eigenvalue weighted by Gasteiger charge is 2.00. The predicted molar refractivity (Wildman–Crippen MR) is 105 cm³/mol. The number of hydrogen-bond donors (Lipinski definition) is 3. The second kappa shape index (κ2) is 9.14. The molecule has 2 aromatic carbocycles. The van der Waals surface area contributed by atoms with Crippen LogP contribution in [0.3, 0.4) is 0 Å². The number of amides is 1. The van der Waals surface area contributed by atoms with Crippen LogP contribution in [-0.4, -0.2) is 11.9 Å². The molecule has 0 aromatic heterocycles. The maximum absolute atomic E-state index is 11.0. The molecule has 0 spiro atoms. The molecule has 2 rings (SSSR count). The number of carbonyl (C=O) groups is 1. The number of aryl methyl sites for hydroxylation is 1. The van der Waals surface area contributed by atoms with E-state index in [0.717, 1.165) is 17.7 Å². The molecule has 5 nitrogen and oxygen atoms in total. The lowest BCUT2D eigenvalue weighted by molar-refractivity contribution is 0.100. The summed E-state index contributed by atoms with van der Waals surface area (Å²) in [5.41, 5.74) is 14.7. The van der Waals surface area contributed by atoms with Crippen LogP contribution in [0.4, 0.5) is 5.69 Å².